The van der Waals surface area contributed by atoms with E-state index >= 15 is 0 Å². The second-order valence-corrected chi connectivity index (χ2v) is 8.67. The van der Waals surface area contributed by atoms with Crippen molar-refractivity contribution in [1.82, 2.24) is 9.97 Å². The van der Waals surface area contributed by atoms with Crippen LogP contribution in [0.25, 0.3) is 27.9 Å². The first kappa shape index (κ1) is 22.2. The van der Waals surface area contributed by atoms with E-state index in [-0.39, 0.29) is 0 Å². The van der Waals surface area contributed by atoms with Gasteiger partial charge in [0.2, 0.25) is 0 Å². The molecule has 0 radical (unpaired) electrons. The van der Waals surface area contributed by atoms with Gasteiger partial charge in [0.05, 0.1) is 11.0 Å². The molecule has 2 heteroatoms. The number of aryl methyl sites for hydroxylation is 1. The lowest BCUT2D eigenvalue weighted by molar-refractivity contribution is 0.570. The van der Waals surface area contributed by atoms with Crippen molar-refractivity contribution in [1.29, 1.82) is 0 Å². The van der Waals surface area contributed by atoms with Crippen molar-refractivity contribution in [2.75, 3.05) is 0 Å². The minimum atomic E-state index is 1.07. The van der Waals surface area contributed by atoms with Crippen molar-refractivity contribution in [3.05, 3.63) is 90.3 Å². The Morgan fingerprint density at radius 3 is 1.94 bits per heavy atom. The molecule has 0 aliphatic heterocycles. The van der Waals surface area contributed by atoms with Crippen LogP contribution in [0.2, 0.25) is 0 Å². The maximum absolute atomic E-state index is 4.47. The predicted octanol–water partition coefficient (Wildman–Crippen LogP) is 8.55. The first-order valence-corrected chi connectivity index (χ1v) is 12.2. The van der Waals surface area contributed by atoms with Crippen molar-refractivity contribution in [3.8, 4) is 0 Å². The Labute approximate surface area is 192 Å². The van der Waals surface area contributed by atoms with Crippen molar-refractivity contribution < 1.29 is 0 Å². The van der Waals surface area contributed by atoms with Crippen LogP contribution in [0.5, 0.6) is 0 Å². The number of allylic oxidation sites excluding steroid dienone is 1. The molecule has 2 nitrogen and oxygen atoms in total. The molecule has 2 aromatic heterocycles. The fourth-order valence-electron chi connectivity index (χ4n) is 4.48. The van der Waals surface area contributed by atoms with Crippen molar-refractivity contribution in [3.63, 3.8) is 0 Å². The molecule has 164 valence electrons. The number of fused-ring (bicyclic) bond motifs is 2. The standard InChI is InChI=1S/C30H34N2/c1(3-5-7-9-15-25-21-23-31-29-19-13-11-17-27(25)29)2-4-6-8-10-16-26-22-24-32-30-20-14-12-18-28(26)30/h9,11-15,17-24H,1-8,10,16H2. The summed E-state index contributed by atoms with van der Waals surface area (Å²) in [4.78, 5) is 8.90. The zero-order chi connectivity index (χ0) is 21.8. The summed E-state index contributed by atoms with van der Waals surface area (Å²) in [7, 11) is 0. The van der Waals surface area contributed by atoms with Crippen LogP contribution >= 0.6 is 0 Å². The maximum atomic E-state index is 4.47. The lowest BCUT2D eigenvalue weighted by atomic mass is 10.0. The zero-order valence-electron chi connectivity index (χ0n) is 19.0. The lowest BCUT2D eigenvalue weighted by Crippen LogP contribution is -1.90. The third-order valence-electron chi connectivity index (χ3n) is 6.29. The van der Waals surface area contributed by atoms with Gasteiger partial charge >= 0.3 is 0 Å². The summed E-state index contributed by atoms with van der Waals surface area (Å²) in [6, 6.07) is 21.2. The van der Waals surface area contributed by atoms with Crippen LogP contribution in [0, 0.1) is 0 Å². The van der Waals surface area contributed by atoms with Crippen LogP contribution < -0.4 is 0 Å². The van der Waals surface area contributed by atoms with Crippen LogP contribution in [0.15, 0.2) is 79.1 Å². The number of nitrogens with zero attached hydrogens (tertiary/aromatic N) is 2. The first-order chi connectivity index (χ1) is 15.9. The van der Waals surface area contributed by atoms with E-state index in [0.717, 1.165) is 17.5 Å². The van der Waals surface area contributed by atoms with Gasteiger partial charge in [0, 0.05) is 23.2 Å². The Kier molecular flexibility index (Phi) is 8.43. The third kappa shape index (κ3) is 6.26. The molecule has 0 spiro atoms. The molecule has 32 heavy (non-hydrogen) atoms. The van der Waals surface area contributed by atoms with E-state index in [0.29, 0.717) is 0 Å². The van der Waals surface area contributed by atoms with Crippen LogP contribution in [-0.2, 0) is 6.42 Å². The molecule has 2 aromatic carbocycles. The number of benzene rings is 2. The average molecular weight is 423 g/mol. The van der Waals surface area contributed by atoms with Gasteiger partial charge in [-0.15, -0.1) is 0 Å². The van der Waals surface area contributed by atoms with Gasteiger partial charge in [-0.3, -0.25) is 9.97 Å². The van der Waals surface area contributed by atoms with E-state index < -0.39 is 0 Å². The molecular formula is C30H34N2. The highest BCUT2D eigenvalue weighted by Gasteiger charge is 2.01. The minimum absolute atomic E-state index is 1.07. The van der Waals surface area contributed by atoms with Gasteiger partial charge in [-0.05, 0) is 61.1 Å². The average Bonchev–Trinajstić information content (AvgIpc) is 2.85. The van der Waals surface area contributed by atoms with Gasteiger partial charge in [0.25, 0.3) is 0 Å². The fourth-order valence-corrected chi connectivity index (χ4v) is 4.48. The fraction of sp³-hybridized carbons (Fsp3) is 0.333. The largest absolute Gasteiger partial charge is 0.256 e. The summed E-state index contributed by atoms with van der Waals surface area (Å²) in [5.41, 5.74) is 4.91. The number of unbranched alkanes of at least 4 members (excludes halogenated alkanes) is 8. The van der Waals surface area contributed by atoms with Crippen molar-refractivity contribution >= 4 is 27.9 Å². The number of aromatic nitrogens is 2. The quantitative estimate of drug-likeness (QED) is 0.214. The smallest absolute Gasteiger partial charge is 0.0707 e. The first-order valence-electron chi connectivity index (χ1n) is 12.2. The summed E-state index contributed by atoms with van der Waals surface area (Å²) < 4.78 is 0. The predicted molar refractivity (Wildman–Crippen MR) is 138 cm³/mol. The molecule has 0 saturated heterocycles. The zero-order valence-corrected chi connectivity index (χ0v) is 19.0. The summed E-state index contributed by atoms with van der Waals surface area (Å²) in [5, 5.41) is 2.56. The molecular weight excluding hydrogens is 388 g/mol. The van der Waals surface area contributed by atoms with Crippen molar-refractivity contribution in [2.24, 2.45) is 0 Å². The number of hydrogen-bond acceptors (Lipinski definition) is 2. The van der Waals surface area contributed by atoms with E-state index in [1.165, 1.54) is 79.7 Å². The molecule has 0 saturated carbocycles. The van der Waals surface area contributed by atoms with Gasteiger partial charge in [-0.25, -0.2) is 0 Å². The molecule has 0 unspecified atom stereocenters. The van der Waals surface area contributed by atoms with Crippen LogP contribution in [0.3, 0.4) is 0 Å². The third-order valence-corrected chi connectivity index (χ3v) is 6.29. The van der Waals surface area contributed by atoms with E-state index in [2.05, 4.69) is 76.7 Å². The molecule has 0 aliphatic carbocycles. The molecule has 0 amide bonds. The van der Waals surface area contributed by atoms with Gasteiger partial charge in [0.15, 0.2) is 0 Å². The van der Waals surface area contributed by atoms with Gasteiger partial charge in [0.1, 0.15) is 0 Å². The highest BCUT2D eigenvalue weighted by Crippen LogP contribution is 2.20. The molecule has 0 atom stereocenters. The lowest BCUT2D eigenvalue weighted by Gasteiger charge is -2.06. The Morgan fingerprint density at radius 2 is 1.16 bits per heavy atom. The molecule has 2 heterocycles. The van der Waals surface area contributed by atoms with Crippen LogP contribution in [-0.4, -0.2) is 9.97 Å². The van der Waals surface area contributed by atoms with E-state index in [1.807, 2.05) is 18.5 Å². The molecule has 4 aromatic rings. The molecule has 4 rings (SSSR count). The summed E-state index contributed by atoms with van der Waals surface area (Å²) in [6.45, 7) is 0. The van der Waals surface area contributed by atoms with E-state index in [1.54, 1.807) is 0 Å². The number of pyridine rings is 2. The Bertz CT molecular complexity index is 1140. The second-order valence-electron chi connectivity index (χ2n) is 8.67. The normalized spacial score (nSPS) is 11.6. The van der Waals surface area contributed by atoms with E-state index in [4.69, 9.17) is 0 Å². The van der Waals surface area contributed by atoms with Gasteiger partial charge < -0.3 is 0 Å². The van der Waals surface area contributed by atoms with E-state index in [9.17, 15) is 0 Å². The minimum Gasteiger partial charge on any atom is -0.256 e. The highest BCUT2D eigenvalue weighted by atomic mass is 14.6. The highest BCUT2D eigenvalue weighted by molar-refractivity contribution is 5.87. The Morgan fingerprint density at radius 1 is 0.562 bits per heavy atom. The Balaban J connectivity index is 1.05. The summed E-state index contributed by atoms with van der Waals surface area (Å²) in [6.07, 6.45) is 21.5. The Hall–Kier alpha value is -3.00. The second kappa shape index (κ2) is 12.1. The van der Waals surface area contributed by atoms with Gasteiger partial charge in [-0.1, -0.05) is 87.1 Å². The summed E-state index contributed by atoms with van der Waals surface area (Å²) in [5.74, 6) is 0. The molecule has 0 bridgehead atoms. The summed E-state index contributed by atoms with van der Waals surface area (Å²) >= 11 is 0. The van der Waals surface area contributed by atoms with Crippen molar-refractivity contribution in [2.45, 2.75) is 64.2 Å². The molecule has 0 fully saturated rings. The number of hydrogen-bond donors (Lipinski definition) is 0. The van der Waals surface area contributed by atoms with Crippen LogP contribution in [0.4, 0.5) is 0 Å². The SMILES string of the molecule is C(=Cc1ccnc2ccccc12)CCCCCCCCCCc1ccnc2ccccc12. The maximum Gasteiger partial charge on any atom is 0.0707 e. The number of rotatable bonds is 12. The van der Waals surface area contributed by atoms with Gasteiger partial charge in [-0.2, -0.15) is 0 Å². The van der Waals surface area contributed by atoms with Crippen LogP contribution in [0.1, 0.15) is 68.9 Å². The number of para-hydroxylation sites is 2. The monoisotopic (exact) mass is 422 g/mol. The topological polar surface area (TPSA) is 25.8 Å². The molecule has 0 N–H and O–H groups in total. The molecule has 0 aliphatic rings.